The molecule has 0 saturated heterocycles. The predicted octanol–water partition coefficient (Wildman–Crippen LogP) is 3.70. The highest BCUT2D eigenvalue weighted by molar-refractivity contribution is 5.95. The van der Waals surface area contributed by atoms with Gasteiger partial charge in [-0.05, 0) is 32.9 Å². The van der Waals surface area contributed by atoms with Gasteiger partial charge in [0.1, 0.15) is 17.4 Å². The summed E-state index contributed by atoms with van der Waals surface area (Å²) >= 11 is 0. The first-order chi connectivity index (χ1) is 11.9. The maximum absolute atomic E-state index is 13.8. The number of hydrogen-bond donors (Lipinski definition) is 2. The van der Waals surface area contributed by atoms with Crippen LogP contribution < -0.4 is 5.32 Å². The molecule has 2 N–H and O–H groups in total. The summed E-state index contributed by atoms with van der Waals surface area (Å²) in [4.78, 5) is 12.4. The summed E-state index contributed by atoms with van der Waals surface area (Å²) in [7, 11) is 0. The van der Waals surface area contributed by atoms with Gasteiger partial charge >= 0.3 is 0 Å². The third-order valence-electron chi connectivity index (χ3n) is 3.98. The van der Waals surface area contributed by atoms with E-state index in [0.29, 0.717) is 17.0 Å². The molecule has 3 aromatic rings. The van der Waals surface area contributed by atoms with Crippen LogP contribution in [0, 0.1) is 25.5 Å². The van der Waals surface area contributed by atoms with Gasteiger partial charge in [0.25, 0.3) is 0 Å². The number of aryl methyl sites for hydroxylation is 2. The molecule has 130 valence electrons. The first kappa shape index (κ1) is 16.8. The van der Waals surface area contributed by atoms with Crippen LogP contribution in [0.25, 0.3) is 11.3 Å². The van der Waals surface area contributed by atoms with Crippen LogP contribution >= 0.6 is 0 Å². The van der Waals surface area contributed by atoms with Crippen molar-refractivity contribution in [2.24, 2.45) is 0 Å². The smallest absolute Gasteiger partial charge is 0.233 e. The maximum Gasteiger partial charge on any atom is 0.233 e. The molecule has 8 heteroatoms. The summed E-state index contributed by atoms with van der Waals surface area (Å²) in [6.07, 6.45) is 0. The van der Waals surface area contributed by atoms with Gasteiger partial charge in [0.2, 0.25) is 5.91 Å². The molecule has 25 heavy (non-hydrogen) atoms. The van der Waals surface area contributed by atoms with Crippen LogP contribution in [0.4, 0.5) is 14.6 Å². The van der Waals surface area contributed by atoms with Crippen LogP contribution in [-0.4, -0.2) is 21.3 Å². The zero-order chi connectivity index (χ0) is 18.1. The molecule has 0 radical (unpaired) electrons. The van der Waals surface area contributed by atoms with E-state index in [1.807, 2.05) is 0 Å². The maximum atomic E-state index is 13.8. The lowest BCUT2D eigenvalue weighted by molar-refractivity contribution is -0.117. The van der Waals surface area contributed by atoms with Crippen molar-refractivity contribution in [1.82, 2.24) is 15.4 Å². The number of aromatic nitrogens is 3. The number of benzene rings is 1. The normalized spacial score (nSPS) is 12.2. The number of nitrogens with one attached hydrogen (secondary N) is 2. The number of nitrogens with zero attached hydrogens (tertiary/aromatic N) is 2. The van der Waals surface area contributed by atoms with Crippen LogP contribution in [0.3, 0.4) is 0 Å². The Balaban J connectivity index is 1.81. The summed E-state index contributed by atoms with van der Waals surface area (Å²) in [5.74, 6) is -1.55. The Hall–Kier alpha value is -3.03. The second kappa shape index (κ2) is 6.46. The molecule has 1 aromatic carbocycles. The van der Waals surface area contributed by atoms with Crippen LogP contribution in [0.5, 0.6) is 0 Å². The summed E-state index contributed by atoms with van der Waals surface area (Å²) in [6.45, 7) is 5.20. The van der Waals surface area contributed by atoms with E-state index in [9.17, 15) is 13.6 Å². The van der Waals surface area contributed by atoms with Crippen LogP contribution in [0.15, 0.2) is 28.8 Å². The number of carbonyl (C=O) groups is 1. The highest BCUT2D eigenvalue weighted by atomic mass is 19.1. The molecule has 0 saturated carbocycles. The zero-order valence-corrected chi connectivity index (χ0v) is 13.9. The lowest BCUT2D eigenvalue weighted by atomic mass is 9.99. The highest BCUT2D eigenvalue weighted by Gasteiger charge is 2.24. The van der Waals surface area contributed by atoms with Crippen molar-refractivity contribution in [2.45, 2.75) is 26.7 Å². The molecule has 3 rings (SSSR count). The number of hydrogen-bond acceptors (Lipinski definition) is 4. The molecule has 0 spiro atoms. The molecule has 1 atom stereocenters. The molecule has 0 aliphatic carbocycles. The monoisotopic (exact) mass is 346 g/mol. The van der Waals surface area contributed by atoms with E-state index >= 15 is 0 Å². The van der Waals surface area contributed by atoms with E-state index in [2.05, 4.69) is 20.7 Å². The Morgan fingerprint density at radius 1 is 1.28 bits per heavy atom. The molecular weight excluding hydrogens is 330 g/mol. The summed E-state index contributed by atoms with van der Waals surface area (Å²) in [6, 6.07) is 4.95. The first-order valence-electron chi connectivity index (χ1n) is 7.62. The van der Waals surface area contributed by atoms with Gasteiger partial charge in [-0.3, -0.25) is 9.89 Å². The molecule has 0 fully saturated rings. The molecular formula is C17H16F2N4O2. The van der Waals surface area contributed by atoms with Crippen molar-refractivity contribution in [3.05, 3.63) is 52.9 Å². The molecule has 0 aliphatic rings. The quantitative estimate of drug-likeness (QED) is 0.754. The topological polar surface area (TPSA) is 83.8 Å². The number of aromatic amines is 1. The minimum Gasteiger partial charge on any atom is -0.361 e. The minimum absolute atomic E-state index is 0.135. The van der Waals surface area contributed by atoms with Gasteiger partial charge in [-0.15, -0.1) is 0 Å². The average Bonchev–Trinajstić information content (AvgIpc) is 3.13. The van der Waals surface area contributed by atoms with E-state index < -0.39 is 17.6 Å². The average molecular weight is 346 g/mol. The third-order valence-corrected chi connectivity index (χ3v) is 3.98. The van der Waals surface area contributed by atoms with Crippen molar-refractivity contribution in [3.8, 4) is 11.3 Å². The molecule has 2 heterocycles. The number of amides is 1. The van der Waals surface area contributed by atoms with Crippen molar-refractivity contribution in [1.29, 1.82) is 0 Å². The van der Waals surface area contributed by atoms with Gasteiger partial charge in [-0.1, -0.05) is 11.2 Å². The van der Waals surface area contributed by atoms with E-state index in [4.69, 9.17) is 4.52 Å². The van der Waals surface area contributed by atoms with Gasteiger partial charge in [-0.2, -0.15) is 5.10 Å². The molecule has 1 amide bonds. The Morgan fingerprint density at radius 3 is 2.56 bits per heavy atom. The van der Waals surface area contributed by atoms with Gasteiger partial charge < -0.3 is 9.84 Å². The molecule has 2 aromatic heterocycles. The summed E-state index contributed by atoms with van der Waals surface area (Å²) in [5, 5.41) is 12.9. The Morgan fingerprint density at radius 2 is 1.96 bits per heavy atom. The standard InChI is InChI=1S/C17H16F2N4O2/c1-8(15-9(2)23-25-10(15)3)17(24)20-14-7-13(21-22-14)16-11(18)5-4-6-12(16)19/h4-8H,1-3H3,(H2,20,21,22,24)/t8-/m0/s1. The zero-order valence-electron chi connectivity index (χ0n) is 13.9. The van der Waals surface area contributed by atoms with Gasteiger partial charge in [-0.25, -0.2) is 8.78 Å². The fourth-order valence-electron chi connectivity index (χ4n) is 2.74. The van der Waals surface area contributed by atoms with Crippen molar-refractivity contribution in [3.63, 3.8) is 0 Å². The van der Waals surface area contributed by atoms with Gasteiger partial charge in [0, 0.05) is 11.6 Å². The lowest BCUT2D eigenvalue weighted by Gasteiger charge is -2.10. The molecule has 0 unspecified atom stereocenters. The molecule has 0 aliphatic heterocycles. The fourth-order valence-corrected chi connectivity index (χ4v) is 2.74. The van der Waals surface area contributed by atoms with Gasteiger partial charge in [0.05, 0.1) is 22.9 Å². The molecule has 6 nitrogen and oxygen atoms in total. The lowest BCUT2D eigenvalue weighted by Crippen LogP contribution is -2.20. The van der Waals surface area contributed by atoms with E-state index in [-0.39, 0.29) is 23.0 Å². The predicted molar refractivity (Wildman–Crippen MR) is 87.0 cm³/mol. The summed E-state index contributed by atoms with van der Waals surface area (Å²) in [5.41, 5.74) is 1.25. The first-order valence-corrected chi connectivity index (χ1v) is 7.62. The SMILES string of the molecule is Cc1noc(C)c1[C@H](C)C(=O)Nc1cc(-c2c(F)cccc2F)[nH]n1. The van der Waals surface area contributed by atoms with Crippen molar-refractivity contribution < 1.29 is 18.1 Å². The largest absolute Gasteiger partial charge is 0.361 e. The number of rotatable bonds is 4. The van der Waals surface area contributed by atoms with E-state index in [0.717, 1.165) is 12.1 Å². The number of carbonyl (C=O) groups excluding carboxylic acids is 1. The van der Waals surface area contributed by atoms with Crippen LogP contribution in [0.2, 0.25) is 0 Å². The fraction of sp³-hybridized carbons (Fsp3) is 0.235. The Labute approximate surface area is 142 Å². The van der Waals surface area contributed by atoms with E-state index in [1.165, 1.54) is 12.1 Å². The Kier molecular flexibility index (Phi) is 4.35. The van der Waals surface area contributed by atoms with Gasteiger partial charge in [0.15, 0.2) is 5.82 Å². The van der Waals surface area contributed by atoms with Crippen LogP contribution in [0.1, 0.15) is 29.9 Å². The number of H-pyrrole nitrogens is 1. The summed E-state index contributed by atoms with van der Waals surface area (Å²) < 4.78 is 32.7. The third kappa shape index (κ3) is 3.15. The van der Waals surface area contributed by atoms with Crippen LogP contribution in [-0.2, 0) is 4.79 Å². The second-order valence-electron chi connectivity index (χ2n) is 5.71. The Bertz CT molecular complexity index is 893. The number of halogens is 2. The van der Waals surface area contributed by atoms with Crippen molar-refractivity contribution in [2.75, 3.05) is 5.32 Å². The van der Waals surface area contributed by atoms with E-state index in [1.54, 1.807) is 20.8 Å². The number of anilines is 1. The second-order valence-corrected chi connectivity index (χ2v) is 5.71. The molecule has 0 bridgehead atoms. The van der Waals surface area contributed by atoms with Crippen molar-refractivity contribution >= 4 is 11.7 Å². The highest BCUT2D eigenvalue weighted by Crippen LogP contribution is 2.27. The minimum atomic E-state index is -0.717.